The molecule has 0 N–H and O–H groups in total. The van der Waals surface area contributed by atoms with Crippen molar-refractivity contribution in [1.82, 2.24) is 9.80 Å². The van der Waals surface area contributed by atoms with Crippen LogP contribution in [0.4, 0.5) is 0 Å². The largest absolute Gasteiger partial charge is 0.493 e. The molecule has 0 aromatic heterocycles. The summed E-state index contributed by atoms with van der Waals surface area (Å²) in [7, 11) is 5.63. The van der Waals surface area contributed by atoms with Crippen molar-refractivity contribution in [3.8, 4) is 11.5 Å². The van der Waals surface area contributed by atoms with Gasteiger partial charge >= 0.3 is 0 Å². The van der Waals surface area contributed by atoms with Gasteiger partial charge in [-0.05, 0) is 57.0 Å². The van der Waals surface area contributed by atoms with E-state index in [9.17, 15) is 0 Å². The lowest BCUT2D eigenvalue weighted by Gasteiger charge is -2.45. The molecule has 24 heavy (non-hydrogen) atoms. The van der Waals surface area contributed by atoms with Crippen molar-refractivity contribution in [2.24, 2.45) is 5.92 Å². The molecule has 1 heterocycles. The third kappa shape index (κ3) is 4.42. The minimum atomic E-state index is 0.643. The summed E-state index contributed by atoms with van der Waals surface area (Å²) in [6, 6.07) is 7.58. The smallest absolute Gasteiger partial charge is 0.161 e. The molecular formula is C20H34N2O2. The standard InChI is InChI=1S/C20H34N2O2/c1-7-10-22(18-11-16(3)21(4)13-15(18)2)14-17-8-9-19(23-5)20(12-17)24-6/h8-9,12,15-16,18H,7,10-11,13-14H2,1-6H3/t15-,16+,18+/m0/s1. The Labute approximate surface area is 147 Å². The molecule has 4 nitrogen and oxygen atoms in total. The number of hydrogen-bond donors (Lipinski definition) is 0. The van der Waals surface area contributed by atoms with Crippen LogP contribution in [0, 0.1) is 5.92 Å². The first-order valence-electron chi connectivity index (χ1n) is 9.15. The molecular weight excluding hydrogens is 300 g/mol. The van der Waals surface area contributed by atoms with Crippen LogP contribution < -0.4 is 9.47 Å². The minimum absolute atomic E-state index is 0.643. The maximum absolute atomic E-state index is 5.47. The summed E-state index contributed by atoms with van der Waals surface area (Å²) < 4.78 is 10.8. The van der Waals surface area contributed by atoms with Gasteiger partial charge in [0, 0.05) is 25.2 Å². The van der Waals surface area contributed by atoms with E-state index in [1.54, 1.807) is 14.2 Å². The molecule has 136 valence electrons. The highest BCUT2D eigenvalue weighted by Gasteiger charge is 2.32. The molecule has 0 aliphatic carbocycles. The lowest BCUT2D eigenvalue weighted by Crippen LogP contribution is -2.52. The molecule has 1 aromatic rings. The van der Waals surface area contributed by atoms with Gasteiger partial charge in [0.1, 0.15) is 0 Å². The SMILES string of the molecule is CCCN(Cc1ccc(OC)c(OC)c1)[C@@H]1C[C@@H](C)N(C)C[C@@H]1C. The van der Waals surface area contributed by atoms with Gasteiger partial charge in [0.15, 0.2) is 11.5 Å². The van der Waals surface area contributed by atoms with Crippen molar-refractivity contribution in [2.75, 3.05) is 34.4 Å². The van der Waals surface area contributed by atoms with Crippen molar-refractivity contribution in [1.29, 1.82) is 0 Å². The molecule has 3 atom stereocenters. The summed E-state index contributed by atoms with van der Waals surface area (Å²) in [6.07, 6.45) is 2.42. The van der Waals surface area contributed by atoms with E-state index >= 15 is 0 Å². The number of ether oxygens (including phenoxy) is 2. The van der Waals surface area contributed by atoms with Gasteiger partial charge in [0.05, 0.1) is 14.2 Å². The fourth-order valence-electron chi connectivity index (χ4n) is 3.89. The first kappa shape index (κ1) is 19.1. The molecule has 2 rings (SSSR count). The monoisotopic (exact) mass is 334 g/mol. The zero-order chi connectivity index (χ0) is 17.7. The number of benzene rings is 1. The van der Waals surface area contributed by atoms with Crippen LogP contribution in [0.5, 0.6) is 11.5 Å². The lowest BCUT2D eigenvalue weighted by molar-refractivity contribution is 0.0410. The van der Waals surface area contributed by atoms with E-state index in [-0.39, 0.29) is 0 Å². The maximum Gasteiger partial charge on any atom is 0.161 e. The van der Waals surface area contributed by atoms with E-state index in [0.29, 0.717) is 18.0 Å². The molecule has 0 bridgehead atoms. The highest BCUT2D eigenvalue weighted by atomic mass is 16.5. The Hall–Kier alpha value is -1.26. The molecule has 0 radical (unpaired) electrons. The number of rotatable bonds is 7. The highest BCUT2D eigenvalue weighted by molar-refractivity contribution is 5.42. The third-order valence-electron chi connectivity index (χ3n) is 5.38. The predicted molar refractivity (Wildman–Crippen MR) is 99.9 cm³/mol. The topological polar surface area (TPSA) is 24.9 Å². The predicted octanol–water partition coefficient (Wildman–Crippen LogP) is 3.64. The molecule has 0 amide bonds. The molecule has 1 fully saturated rings. The van der Waals surface area contributed by atoms with E-state index in [0.717, 1.165) is 24.6 Å². The molecule has 1 aromatic carbocycles. The van der Waals surface area contributed by atoms with Crippen LogP contribution in [-0.2, 0) is 6.54 Å². The van der Waals surface area contributed by atoms with Gasteiger partial charge in [-0.2, -0.15) is 0 Å². The van der Waals surface area contributed by atoms with Gasteiger partial charge in [0.2, 0.25) is 0 Å². The summed E-state index contributed by atoms with van der Waals surface area (Å²) >= 11 is 0. The molecule has 1 saturated heterocycles. The molecule has 0 saturated carbocycles. The van der Waals surface area contributed by atoms with Crippen LogP contribution in [0.2, 0.25) is 0 Å². The Morgan fingerprint density at radius 3 is 2.50 bits per heavy atom. The van der Waals surface area contributed by atoms with Crippen LogP contribution in [0.3, 0.4) is 0 Å². The third-order valence-corrected chi connectivity index (χ3v) is 5.38. The van der Waals surface area contributed by atoms with Crippen molar-refractivity contribution < 1.29 is 9.47 Å². The number of likely N-dealkylation sites (tertiary alicyclic amines) is 1. The van der Waals surface area contributed by atoms with Gasteiger partial charge in [-0.25, -0.2) is 0 Å². The second-order valence-corrected chi connectivity index (χ2v) is 7.23. The van der Waals surface area contributed by atoms with Crippen molar-refractivity contribution in [3.05, 3.63) is 23.8 Å². The van der Waals surface area contributed by atoms with E-state index < -0.39 is 0 Å². The van der Waals surface area contributed by atoms with Crippen molar-refractivity contribution in [3.63, 3.8) is 0 Å². The van der Waals surface area contributed by atoms with Crippen molar-refractivity contribution >= 4 is 0 Å². The first-order chi connectivity index (χ1) is 11.5. The van der Waals surface area contributed by atoms with E-state index in [4.69, 9.17) is 9.47 Å². The van der Waals surface area contributed by atoms with Crippen LogP contribution in [-0.4, -0.2) is 56.2 Å². The zero-order valence-corrected chi connectivity index (χ0v) is 16.2. The van der Waals surface area contributed by atoms with Crippen LogP contribution in [0.25, 0.3) is 0 Å². The lowest BCUT2D eigenvalue weighted by atomic mass is 9.88. The summed E-state index contributed by atoms with van der Waals surface area (Å²) in [5.41, 5.74) is 1.29. The summed E-state index contributed by atoms with van der Waals surface area (Å²) in [4.78, 5) is 5.15. The van der Waals surface area contributed by atoms with E-state index in [2.05, 4.69) is 49.8 Å². The summed E-state index contributed by atoms with van der Waals surface area (Å²) in [6.45, 7) is 10.3. The van der Waals surface area contributed by atoms with E-state index in [1.807, 2.05) is 6.07 Å². The van der Waals surface area contributed by atoms with Gasteiger partial charge in [0.25, 0.3) is 0 Å². The zero-order valence-electron chi connectivity index (χ0n) is 16.2. The van der Waals surface area contributed by atoms with Gasteiger partial charge < -0.3 is 14.4 Å². The molecule has 0 unspecified atom stereocenters. The first-order valence-corrected chi connectivity index (χ1v) is 9.15. The Kier molecular flexibility index (Phi) is 6.93. The Morgan fingerprint density at radius 1 is 1.17 bits per heavy atom. The van der Waals surface area contributed by atoms with Crippen LogP contribution in [0.15, 0.2) is 18.2 Å². The maximum atomic E-state index is 5.47. The molecule has 1 aliphatic heterocycles. The average molecular weight is 335 g/mol. The summed E-state index contributed by atoms with van der Waals surface area (Å²) in [5.74, 6) is 2.30. The van der Waals surface area contributed by atoms with Gasteiger partial charge in [-0.1, -0.05) is 19.9 Å². The van der Waals surface area contributed by atoms with Crippen molar-refractivity contribution in [2.45, 2.75) is 52.2 Å². The average Bonchev–Trinajstić information content (AvgIpc) is 2.57. The Morgan fingerprint density at radius 2 is 1.88 bits per heavy atom. The molecule has 4 heteroatoms. The van der Waals surface area contributed by atoms with Crippen LogP contribution in [0.1, 0.15) is 39.2 Å². The normalized spacial score (nSPS) is 25.0. The van der Waals surface area contributed by atoms with Crippen LogP contribution >= 0.6 is 0 Å². The molecule has 0 spiro atoms. The number of hydrogen-bond acceptors (Lipinski definition) is 4. The Balaban J connectivity index is 2.16. The number of methoxy groups -OCH3 is 2. The van der Waals surface area contributed by atoms with E-state index in [1.165, 1.54) is 24.9 Å². The van der Waals surface area contributed by atoms with Gasteiger partial charge in [-0.3, -0.25) is 4.90 Å². The van der Waals surface area contributed by atoms with Gasteiger partial charge in [-0.15, -0.1) is 0 Å². The number of piperidine rings is 1. The fourth-order valence-corrected chi connectivity index (χ4v) is 3.89. The Bertz CT molecular complexity index is 520. The highest BCUT2D eigenvalue weighted by Crippen LogP contribution is 2.30. The quantitative estimate of drug-likeness (QED) is 0.760. The second-order valence-electron chi connectivity index (χ2n) is 7.23. The minimum Gasteiger partial charge on any atom is -0.493 e. The fraction of sp³-hybridized carbons (Fsp3) is 0.700. The summed E-state index contributed by atoms with van der Waals surface area (Å²) in [5, 5.41) is 0. The molecule has 1 aliphatic rings. The number of nitrogens with zero attached hydrogens (tertiary/aromatic N) is 2. The second kappa shape index (κ2) is 8.72.